The van der Waals surface area contributed by atoms with Crippen molar-refractivity contribution in [3.63, 3.8) is 0 Å². The SMILES string of the molecule is Cn1c(SCC(=O)c2ccc[nH]2)nnc1-c1ccc(Cl)cc1. The minimum absolute atomic E-state index is 0.0334. The van der Waals surface area contributed by atoms with Gasteiger partial charge < -0.3 is 9.55 Å². The van der Waals surface area contributed by atoms with E-state index in [2.05, 4.69) is 15.2 Å². The van der Waals surface area contributed by atoms with Crippen molar-refractivity contribution in [2.75, 3.05) is 5.75 Å². The second kappa shape index (κ2) is 6.37. The second-order valence-electron chi connectivity index (χ2n) is 4.67. The van der Waals surface area contributed by atoms with Gasteiger partial charge in [0.15, 0.2) is 16.8 Å². The van der Waals surface area contributed by atoms with Crippen LogP contribution in [0.4, 0.5) is 0 Å². The maximum atomic E-state index is 12.0. The Bertz CT molecular complexity index is 780. The fourth-order valence-electron chi connectivity index (χ4n) is 2.00. The monoisotopic (exact) mass is 332 g/mol. The van der Waals surface area contributed by atoms with E-state index in [1.54, 1.807) is 18.3 Å². The maximum absolute atomic E-state index is 12.0. The lowest BCUT2D eigenvalue weighted by Crippen LogP contribution is -2.04. The number of halogens is 1. The molecule has 0 fully saturated rings. The van der Waals surface area contributed by atoms with Crippen LogP contribution in [0.3, 0.4) is 0 Å². The number of carbonyl (C=O) groups is 1. The van der Waals surface area contributed by atoms with Crippen molar-refractivity contribution in [2.24, 2.45) is 7.05 Å². The molecule has 0 spiro atoms. The Kier molecular flexibility index (Phi) is 4.31. The van der Waals surface area contributed by atoms with Crippen molar-refractivity contribution in [2.45, 2.75) is 5.16 Å². The maximum Gasteiger partial charge on any atom is 0.191 e. The summed E-state index contributed by atoms with van der Waals surface area (Å²) in [6, 6.07) is 11.0. The molecule has 0 aliphatic heterocycles. The summed E-state index contributed by atoms with van der Waals surface area (Å²) in [6.07, 6.45) is 1.73. The minimum Gasteiger partial charge on any atom is -0.359 e. The average Bonchev–Trinajstić information content (AvgIpc) is 3.16. The first kappa shape index (κ1) is 14.9. The molecule has 0 amide bonds. The molecule has 7 heteroatoms. The quantitative estimate of drug-likeness (QED) is 0.574. The lowest BCUT2D eigenvalue weighted by molar-refractivity contribution is 0.101. The molecular formula is C15H13ClN4OS. The summed E-state index contributed by atoms with van der Waals surface area (Å²) in [5.41, 5.74) is 1.54. The van der Waals surface area contributed by atoms with E-state index in [4.69, 9.17) is 11.6 Å². The van der Waals surface area contributed by atoms with Crippen molar-refractivity contribution >= 4 is 29.1 Å². The second-order valence-corrected chi connectivity index (χ2v) is 6.05. The van der Waals surface area contributed by atoms with E-state index in [1.165, 1.54) is 11.8 Å². The first-order valence-electron chi connectivity index (χ1n) is 6.60. The predicted octanol–water partition coefficient (Wildman–Crippen LogP) is 3.44. The molecule has 0 radical (unpaired) electrons. The normalized spacial score (nSPS) is 10.8. The van der Waals surface area contributed by atoms with Gasteiger partial charge in [-0.25, -0.2) is 0 Å². The van der Waals surface area contributed by atoms with Crippen LogP contribution >= 0.6 is 23.4 Å². The highest BCUT2D eigenvalue weighted by Crippen LogP contribution is 2.24. The van der Waals surface area contributed by atoms with Crippen molar-refractivity contribution in [3.8, 4) is 11.4 Å². The highest BCUT2D eigenvalue weighted by atomic mass is 35.5. The number of aromatic amines is 1. The number of ketones is 1. The highest BCUT2D eigenvalue weighted by Gasteiger charge is 2.14. The molecule has 1 N–H and O–H groups in total. The molecule has 0 aliphatic rings. The lowest BCUT2D eigenvalue weighted by Gasteiger charge is -2.03. The Hall–Kier alpha value is -2.05. The molecule has 112 valence electrons. The van der Waals surface area contributed by atoms with Crippen molar-refractivity contribution in [1.29, 1.82) is 0 Å². The zero-order valence-corrected chi connectivity index (χ0v) is 13.4. The first-order valence-corrected chi connectivity index (χ1v) is 7.96. The third-order valence-electron chi connectivity index (χ3n) is 3.17. The Balaban J connectivity index is 1.73. The van der Waals surface area contributed by atoms with Gasteiger partial charge in [0.25, 0.3) is 0 Å². The molecule has 0 saturated carbocycles. The van der Waals surface area contributed by atoms with E-state index in [-0.39, 0.29) is 5.78 Å². The summed E-state index contributed by atoms with van der Waals surface area (Å²) in [6.45, 7) is 0. The molecule has 2 heterocycles. The molecule has 0 aliphatic carbocycles. The largest absolute Gasteiger partial charge is 0.359 e. The van der Waals surface area contributed by atoms with E-state index < -0.39 is 0 Å². The van der Waals surface area contributed by atoms with Gasteiger partial charge in [0.1, 0.15) is 0 Å². The zero-order chi connectivity index (χ0) is 15.5. The number of H-pyrrole nitrogens is 1. The van der Waals surface area contributed by atoms with E-state index >= 15 is 0 Å². The van der Waals surface area contributed by atoms with Gasteiger partial charge >= 0.3 is 0 Å². The zero-order valence-electron chi connectivity index (χ0n) is 11.8. The Morgan fingerprint density at radius 3 is 2.73 bits per heavy atom. The number of Topliss-reactive ketones (excluding diaryl/α,β-unsaturated/α-hetero) is 1. The smallest absolute Gasteiger partial charge is 0.191 e. The van der Waals surface area contributed by atoms with Crippen LogP contribution in [0.2, 0.25) is 5.02 Å². The summed E-state index contributed by atoms with van der Waals surface area (Å²) >= 11 is 7.26. The van der Waals surface area contributed by atoms with Crippen molar-refractivity contribution < 1.29 is 4.79 Å². The minimum atomic E-state index is 0.0334. The fraction of sp³-hybridized carbons (Fsp3) is 0.133. The summed E-state index contributed by atoms with van der Waals surface area (Å²) in [4.78, 5) is 14.9. The predicted molar refractivity (Wildman–Crippen MR) is 87.3 cm³/mol. The van der Waals surface area contributed by atoms with Crippen LogP contribution < -0.4 is 0 Å². The molecule has 3 rings (SSSR count). The number of nitrogens with zero attached hydrogens (tertiary/aromatic N) is 3. The Morgan fingerprint density at radius 1 is 1.27 bits per heavy atom. The van der Waals surface area contributed by atoms with Gasteiger partial charge in [-0.1, -0.05) is 23.4 Å². The van der Waals surface area contributed by atoms with Crippen LogP contribution in [0.15, 0.2) is 47.8 Å². The van der Waals surface area contributed by atoms with Gasteiger partial charge in [0, 0.05) is 23.8 Å². The number of aromatic nitrogens is 4. The molecule has 0 saturated heterocycles. The number of hydrogen-bond acceptors (Lipinski definition) is 4. The molecule has 1 aromatic carbocycles. The molecule has 0 atom stereocenters. The number of thioether (sulfide) groups is 1. The van der Waals surface area contributed by atoms with Crippen LogP contribution in [-0.2, 0) is 7.05 Å². The van der Waals surface area contributed by atoms with Gasteiger partial charge in [0.05, 0.1) is 11.4 Å². The van der Waals surface area contributed by atoms with Gasteiger partial charge in [0.2, 0.25) is 0 Å². The average molecular weight is 333 g/mol. The molecule has 0 unspecified atom stereocenters. The van der Waals surface area contributed by atoms with Gasteiger partial charge in [-0.3, -0.25) is 4.79 Å². The third-order valence-corrected chi connectivity index (χ3v) is 4.44. The molecule has 5 nitrogen and oxygen atoms in total. The Labute approximate surface area is 136 Å². The molecule has 2 aromatic heterocycles. The number of nitrogens with one attached hydrogen (secondary N) is 1. The number of carbonyl (C=O) groups excluding carboxylic acids is 1. The molecular weight excluding hydrogens is 320 g/mol. The standard InChI is InChI=1S/C15H13ClN4OS/c1-20-14(10-4-6-11(16)7-5-10)18-19-15(20)22-9-13(21)12-3-2-8-17-12/h2-8,17H,9H2,1H3. The number of rotatable bonds is 5. The summed E-state index contributed by atoms with van der Waals surface area (Å²) in [7, 11) is 1.88. The molecule has 22 heavy (non-hydrogen) atoms. The first-order chi connectivity index (χ1) is 10.6. The van der Waals surface area contributed by atoms with E-state index in [0.717, 1.165) is 11.4 Å². The summed E-state index contributed by atoms with van der Waals surface area (Å²) < 4.78 is 1.87. The Morgan fingerprint density at radius 2 is 2.05 bits per heavy atom. The van der Waals surface area contributed by atoms with Crippen LogP contribution in [0, 0.1) is 0 Å². The summed E-state index contributed by atoms with van der Waals surface area (Å²) in [5, 5.41) is 9.71. The molecule has 0 bridgehead atoms. The third kappa shape index (κ3) is 3.08. The van der Waals surface area contributed by atoms with E-state index in [1.807, 2.05) is 35.9 Å². The van der Waals surface area contributed by atoms with Gasteiger partial charge in [-0.15, -0.1) is 10.2 Å². The van der Waals surface area contributed by atoms with Crippen LogP contribution in [0.5, 0.6) is 0 Å². The van der Waals surface area contributed by atoms with E-state index in [9.17, 15) is 4.79 Å². The van der Waals surface area contributed by atoms with Crippen molar-refractivity contribution in [3.05, 3.63) is 53.3 Å². The van der Waals surface area contributed by atoms with Gasteiger partial charge in [-0.2, -0.15) is 0 Å². The molecule has 3 aromatic rings. The van der Waals surface area contributed by atoms with E-state index in [0.29, 0.717) is 21.6 Å². The van der Waals surface area contributed by atoms with Gasteiger partial charge in [-0.05, 0) is 36.4 Å². The topological polar surface area (TPSA) is 63.6 Å². The van der Waals surface area contributed by atoms with Crippen LogP contribution in [-0.4, -0.2) is 31.3 Å². The highest BCUT2D eigenvalue weighted by molar-refractivity contribution is 7.99. The fourth-order valence-corrected chi connectivity index (χ4v) is 2.92. The van der Waals surface area contributed by atoms with Crippen LogP contribution in [0.25, 0.3) is 11.4 Å². The lowest BCUT2D eigenvalue weighted by atomic mass is 10.2. The summed E-state index contributed by atoms with van der Waals surface area (Å²) in [5.74, 6) is 1.09. The number of benzene rings is 1. The number of hydrogen-bond donors (Lipinski definition) is 1. The van der Waals surface area contributed by atoms with Crippen molar-refractivity contribution in [1.82, 2.24) is 19.7 Å². The van der Waals surface area contributed by atoms with Crippen LogP contribution in [0.1, 0.15) is 10.5 Å².